The molecular formula is C17H27N3O5S. The normalized spacial score (nSPS) is 14.0. The largest absolute Gasteiger partial charge is 0.352 e. The van der Waals surface area contributed by atoms with Crippen molar-refractivity contribution < 1.29 is 18.1 Å². The lowest BCUT2D eigenvalue weighted by Crippen LogP contribution is -2.52. The summed E-state index contributed by atoms with van der Waals surface area (Å²) in [6.07, 6.45) is 1.22. The number of nitrogens with one attached hydrogen (secondary N) is 1. The number of carbonyl (C=O) groups is 1. The molecule has 0 spiro atoms. The first-order chi connectivity index (χ1) is 11.9. The molecule has 9 heteroatoms. The molecule has 0 saturated heterocycles. The molecule has 2 atom stereocenters. The number of carbonyl (C=O) groups excluding carboxylic acids is 1. The van der Waals surface area contributed by atoms with Gasteiger partial charge in [-0.2, -0.15) is 0 Å². The topological polar surface area (TPSA) is 110 Å². The van der Waals surface area contributed by atoms with E-state index in [0.29, 0.717) is 5.56 Å². The molecule has 0 radical (unpaired) electrons. The Morgan fingerprint density at radius 3 is 2.31 bits per heavy atom. The maximum atomic E-state index is 12.7. The highest BCUT2D eigenvalue weighted by atomic mass is 32.2. The van der Waals surface area contributed by atoms with Crippen molar-refractivity contribution in [3.05, 3.63) is 33.9 Å². The Morgan fingerprint density at radius 2 is 1.88 bits per heavy atom. The van der Waals surface area contributed by atoms with Crippen LogP contribution in [0.1, 0.15) is 39.7 Å². The molecule has 0 aromatic heterocycles. The number of benzene rings is 1. The van der Waals surface area contributed by atoms with Gasteiger partial charge in [-0.1, -0.05) is 26.8 Å². The standard InChI is InChI=1S/C17H27N3O5S/c1-7-15(17(21)18-13(5)11(2)3)19(26(6,24)25)16-10-14(20(22)23)9-8-12(16)4/h8-11,13,15H,7H2,1-6H3,(H,18,21)/t13-,15+/m0/s1. The van der Waals surface area contributed by atoms with Gasteiger partial charge >= 0.3 is 0 Å². The highest BCUT2D eigenvalue weighted by molar-refractivity contribution is 7.92. The van der Waals surface area contributed by atoms with Crippen LogP contribution in [0.3, 0.4) is 0 Å². The lowest BCUT2D eigenvalue weighted by Gasteiger charge is -2.32. The lowest BCUT2D eigenvalue weighted by molar-refractivity contribution is -0.384. The van der Waals surface area contributed by atoms with Crippen LogP contribution in [0.25, 0.3) is 0 Å². The van der Waals surface area contributed by atoms with Crippen LogP contribution < -0.4 is 9.62 Å². The van der Waals surface area contributed by atoms with Gasteiger partial charge in [0.15, 0.2) is 0 Å². The monoisotopic (exact) mass is 385 g/mol. The molecule has 0 saturated carbocycles. The molecule has 1 rings (SSSR count). The average molecular weight is 385 g/mol. The molecule has 0 unspecified atom stereocenters. The van der Waals surface area contributed by atoms with Gasteiger partial charge in [0.25, 0.3) is 5.69 Å². The minimum Gasteiger partial charge on any atom is -0.352 e. The van der Waals surface area contributed by atoms with Crippen LogP contribution in [0, 0.1) is 23.0 Å². The third-order valence-corrected chi connectivity index (χ3v) is 5.51. The number of aryl methyl sites for hydroxylation is 1. The maximum Gasteiger partial charge on any atom is 0.271 e. The number of hydrogen-bond acceptors (Lipinski definition) is 5. The fourth-order valence-corrected chi connectivity index (χ4v) is 3.73. The van der Waals surface area contributed by atoms with Crippen molar-refractivity contribution >= 4 is 27.3 Å². The Bertz CT molecular complexity index is 777. The number of nitro groups is 1. The smallest absolute Gasteiger partial charge is 0.271 e. The number of rotatable bonds is 8. The molecule has 0 aliphatic rings. The van der Waals surface area contributed by atoms with Gasteiger partial charge in [-0.25, -0.2) is 8.42 Å². The third kappa shape index (κ3) is 5.17. The van der Waals surface area contributed by atoms with E-state index < -0.39 is 26.9 Å². The van der Waals surface area contributed by atoms with Crippen LogP contribution in [-0.2, 0) is 14.8 Å². The molecule has 8 nitrogen and oxygen atoms in total. The van der Waals surface area contributed by atoms with Crippen molar-refractivity contribution in [3.63, 3.8) is 0 Å². The molecule has 1 aromatic carbocycles. The molecule has 1 amide bonds. The van der Waals surface area contributed by atoms with Crippen LogP contribution in [0.15, 0.2) is 18.2 Å². The summed E-state index contributed by atoms with van der Waals surface area (Å²) in [5.74, 6) is -0.243. The van der Waals surface area contributed by atoms with Gasteiger partial charge in [0.2, 0.25) is 15.9 Å². The van der Waals surface area contributed by atoms with Crippen molar-refractivity contribution in [2.45, 2.75) is 53.1 Å². The molecule has 1 aromatic rings. The number of anilines is 1. The summed E-state index contributed by atoms with van der Waals surface area (Å²) >= 11 is 0. The fourth-order valence-electron chi connectivity index (χ4n) is 2.47. The number of amides is 1. The minimum absolute atomic E-state index is 0.135. The maximum absolute atomic E-state index is 12.7. The van der Waals surface area contributed by atoms with Crippen molar-refractivity contribution in [2.75, 3.05) is 10.6 Å². The quantitative estimate of drug-likeness (QED) is 0.546. The van der Waals surface area contributed by atoms with Crippen molar-refractivity contribution in [3.8, 4) is 0 Å². The van der Waals surface area contributed by atoms with E-state index in [-0.39, 0.29) is 29.8 Å². The van der Waals surface area contributed by atoms with Crippen molar-refractivity contribution in [1.82, 2.24) is 5.32 Å². The summed E-state index contributed by atoms with van der Waals surface area (Å²) in [6, 6.07) is 2.85. The Hall–Kier alpha value is -2.16. The van der Waals surface area contributed by atoms with E-state index in [1.807, 2.05) is 20.8 Å². The van der Waals surface area contributed by atoms with Gasteiger partial charge in [-0.15, -0.1) is 0 Å². The average Bonchev–Trinajstić information content (AvgIpc) is 2.51. The molecule has 0 aliphatic carbocycles. The second kappa shape index (κ2) is 8.48. The van der Waals surface area contributed by atoms with Crippen LogP contribution in [0.5, 0.6) is 0 Å². The Morgan fingerprint density at radius 1 is 1.31 bits per heavy atom. The first kappa shape index (κ1) is 21.9. The zero-order chi connectivity index (χ0) is 20.2. The summed E-state index contributed by atoms with van der Waals surface area (Å²) in [7, 11) is -3.85. The van der Waals surface area contributed by atoms with Gasteiger partial charge in [-0.3, -0.25) is 19.2 Å². The third-order valence-electron chi connectivity index (χ3n) is 4.34. The molecule has 0 aliphatic heterocycles. The van der Waals surface area contributed by atoms with Crippen LogP contribution in [-0.4, -0.2) is 37.6 Å². The van der Waals surface area contributed by atoms with Crippen molar-refractivity contribution in [1.29, 1.82) is 0 Å². The zero-order valence-corrected chi connectivity index (χ0v) is 16.8. The predicted molar refractivity (Wildman–Crippen MR) is 102 cm³/mol. The number of sulfonamides is 1. The molecular weight excluding hydrogens is 358 g/mol. The summed E-state index contributed by atoms with van der Waals surface area (Å²) < 4.78 is 25.9. The Balaban J connectivity index is 3.44. The number of nitrogens with zero attached hydrogens (tertiary/aromatic N) is 2. The van der Waals surface area contributed by atoms with Crippen LogP contribution in [0.2, 0.25) is 0 Å². The fraction of sp³-hybridized carbons (Fsp3) is 0.588. The summed E-state index contributed by atoms with van der Waals surface area (Å²) in [5.41, 5.74) is 0.440. The number of hydrogen-bond donors (Lipinski definition) is 1. The Labute approximate surface area is 154 Å². The molecule has 0 bridgehead atoms. The van der Waals surface area contributed by atoms with Gasteiger partial charge in [0.1, 0.15) is 6.04 Å². The zero-order valence-electron chi connectivity index (χ0n) is 16.0. The summed E-state index contributed by atoms with van der Waals surface area (Å²) in [4.78, 5) is 23.2. The number of nitro benzene ring substituents is 1. The molecule has 0 heterocycles. The Kier molecular flexibility index (Phi) is 7.14. The highest BCUT2D eigenvalue weighted by Gasteiger charge is 2.34. The SMILES string of the molecule is CC[C@H](C(=O)N[C@@H](C)C(C)C)N(c1cc([N+](=O)[O-])ccc1C)S(C)(=O)=O. The van der Waals surface area contributed by atoms with E-state index in [0.717, 1.165) is 10.6 Å². The lowest BCUT2D eigenvalue weighted by atomic mass is 10.1. The molecule has 0 fully saturated rings. The first-order valence-corrected chi connectivity index (χ1v) is 10.3. The van der Waals surface area contributed by atoms with Gasteiger partial charge in [0.05, 0.1) is 16.9 Å². The number of non-ortho nitro benzene ring substituents is 1. The predicted octanol–water partition coefficient (Wildman–Crippen LogP) is 2.61. The van der Waals surface area contributed by atoms with Crippen LogP contribution >= 0.6 is 0 Å². The summed E-state index contributed by atoms with van der Waals surface area (Å²) in [5, 5.41) is 13.9. The minimum atomic E-state index is -3.85. The molecule has 146 valence electrons. The van der Waals surface area contributed by atoms with E-state index in [9.17, 15) is 23.3 Å². The van der Waals surface area contributed by atoms with E-state index in [1.165, 1.54) is 18.2 Å². The molecule has 1 N–H and O–H groups in total. The van der Waals surface area contributed by atoms with E-state index in [2.05, 4.69) is 5.32 Å². The van der Waals surface area contributed by atoms with E-state index in [1.54, 1.807) is 13.8 Å². The molecule has 26 heavy (non-hydrogen) atoms. The highest BCUT2D eigenvalue weighted by Crippen LogP contribution is 2.30. The van der Waals surface area contributed by atoms with E-state index >= 15 is 0 Å². The van der Waals surface area contributed by atoms with Crippen molar-refractivity contribution in [2.24, 2.45) is 5.92 Å². The van der Waals surface area contributed by atoms with Gasteiger partial charge < -0.3 is 5.32 Å². The van der Waals surface area contributed by atoms with Gasteiger partial charge in [0, 0.05) is 18.2 Å². The first-order valence-electron chi connectivity index (χ1n) is 8.44. The second-order valence-electron chi connectivity index (χ2n) is 6.75. The van der Waals surface area contributed by atoms with Gasteiger partial charge in [-0.05, 0) is 31.7 Å². The summed E-state index contributed by atoms with van der Waals surface area (Å²) in [6.45, 7) is 9.10. The van der Waals surface area contributed by atoms with Crippen LogP contribution in [0.4, 0.5) is 11.4 Å². The second-order valence-corrected chi connectivity index (χ2v) is 8.61. The van der Waals surface area contributed by atoms with E-state index in [4.69, 9.17) is 0 Å².